The molecule has 1 atom stereocenters. The smallest absolute Gasteiger partial charge is 0.120 e. The number of hydrogen-bond acceptors (Lipinski definition) is 2. The molecule has 0 radical (unpaired) electrons. The highest BCUT2D eigenvalue weighted by atomic mass is 16.5. The number of nitrogens with two attached hydrogens (primary N) is 1. The Morgan fingerprint density at radius 1 is 1.13 bits per heavy atom. The van der Waals surface area contributed by atoms with Crippen LogP contribution in [0.1, 0.15) is 6.92 Å². The number of fused-ring (bicyclic) bond motifs is 1. The fourth-order valence-corrected chi connectivity index (χ4v) is 1.48. The normalized spacial score (nSPS) is 12.7. The summed E-state index contributed by atoms with van der Waals surface area (Å²) in [4.78, 5) is 0. The highest BCUT2D eigenvalue weighted by Crippen LogP contribution is 2.20. The largest absolute Gasteiger partial charge is 0.492 e. The lowest BCUT2D eigenvalue weighted by molar-refractivity contribution is 0.296. The Morgan fingerprint density at radius 2 is 1.87 bits per heavy atom. The fourth-order valence-electron chi connectivity index (χ4n) is 1.48. The topological polar surface area (TPSA) is 35.2 Å². The van der Waals surface area contributed by atoms with Crippen molar-refractivity contribution in [3.8, 4) is 5.75 Å². The Morgan fingerprint density at radius 3 is 2.60 bits per heavy atom. The minimum atomic E-state index is 0.0662. The van der Waals surface area contributed by atoms with E-state index in [9.17, 15) is 0 Å². The van der Waals surface area contributed by atoms with Crippen LogP contribution in [-0.2, 0) is 0 Å². The highest BCUT2D eigenvalue weighted by molar-refractivity contribution is 5.83. The van der Waals surface area contributed by atoms with Gasteiger partial charge < -0.3 is 10.5 Å². The molecular formula is C13H15NO. The minimum Gasteiger partial charge on any atom is -0.492 e. The first-order valence-electron chi connectivity index (χ1n) is 5.13. The maximum absolute atomic E-state index is 5.63. The molecule has 0 saturated carbocycles. The van der Waals surface area contributed by atoms with Crippen LogP contribution in [0.4, 0.5) is 0 Å². The van der Waals surface area contributed by atoms with Crippen LogP contribution in [0.3, 0.4) is 0 Å². The first-order chi connectivity index (χ1) is 7.25. The highest BCUT2D eigenvalue weighted by Gasteiger charge is 1.98. The first kappa shape index (κ1) is 9.99. The van der Waals surface area contributed by atoms with Crippen LogP contribution in [0.5, 0.6) is 5.75 Å². The van der Waals surface area contributed by atoms with E-state index in [0.29, 0.717) is 6.61 Å². The van der Waals surface area contributed by atoms with Gasteiger partial charge in [-0.3, -0.25) is 0 Å². The van der Waals surface area contributed by atoms with Gasteiger partial charge >= 0.3 is 0 Å². The SMILES string of the molecule is CC(N)COc1ccc2ccccc2c1. The first-order valence-corrected chi connectivity index (χ1v) is 5.13. The Kier molecular flexibility index (Phi) is 2.88. The Balaban J connectivity index is 2.23. The molecule has 15 heavy (non-hydrogen) atoms. The summed E-state index contributed by atoms with van der Waals surface area (Å²) in [6.07, 6.45) is 0. The van der Waals surface area contributed by atoms with Crippen molar-refractivity contribution in [2.45, 2.75) is 13.0 Å². The van der Waals surface area contributed by atoms with Crippen molar-refractivity contribution in [3.63, 3.8) is 0 Å². The molecule has 0 saturated heterocycles. The Hall–Kier alpha value is -1.54. The monoisotopic (exact) mass is 201 g/mol. The number of hydrogen-bond donors (Lipinski definition) is 1. The molecule has 0 aliphatic carbocycles. The van der Waals surface area contributed by atoms with E-state index in [-0.39, 0.29) is 6.04 Å². The summed E-state index contributed by atoms with van der Waals surface area (Å²) in [7, 11) is 0. The molecule has 0 bridgehead atoms. The summed E-state index contributed by atoms with van der Waals surface area (Å²) in [6, 6.07) is 14.4. The molecule has 2 aromatic rings. The molecule has 78 valence electrons. The van der Waals surface area contributed by atoms with E-state index in [1.807, 2.05) is 31.2 Å². The van der Waals surface area contributed by atoms with E-state index in [4.69, 9.17) is 10.5 Å². The van der Waals surface area contributed by atoms with Crippen molar-refractivity contribution >= 4 is 10.8 Å². The van der Waals surface area contributed by atoms with Crippen LogP contribution >= 0.6 is 0 Å². The molecule has 2 N–H and O–H groups in total. The van der Waals surface area contributed by atoms with E-state index >= 15 is 0 Å². The second kappa shape index (κ2) is 4.32. The number of benzene rings is 2. The summed E-state index contributed by atoms with van der Waals surface area (Å²) in [5, 5.41) is 2.42. The molecule has 0 amide bonds. The van der Waals surface area contributed by atoms with Gasteiger partial charge in [0.2, 0.25) is 0 Å². The Bertz CT molecular complexity index is 451. The van der Waals surface area contributed by atoms with Crippen LogP contribution in [0, 0.1) is 0 Å². The van der Waals surface area contributed by atoms with Crippen LogP contribution in [0.25, 0.3) is 10.8 Å². The lowest BCUT2D eigenvalue weighted by Gasteiger charge is -2.09. The number of ether oxygens (including phenoxy) is 1. The number of rotatable bonds is 3. The molecule has 0 aliphatic heterocycles. The van der Waals surface area contributed by atoms with Gasteiger partial charge in [-0.15, -0.1) is 0 Å². The third-order valence-corrected chi connectivity index (χ3v) is 2.23. The van der Waals surface area contributed by atoms with Crippen molar-refractivity contribution in [2.24, 2.45) is 5.73 Å². The van der Waals surface area contributed by atoms with Crippen LogP contribution < -0.4 is 10.5 Å². The average molecular weight is 201 g/mol. The van der Waals surface area contributed by atoms with Gasteiger partial charge in [0.05, 0.1) is 0 Å². The van der Waals surface area contributed by atoms with Gasteiger partial charge in [0.25, 0.3) is 0 Å². The second-order valence-corrected chi connectivity index (χ2v) is 3.80. The lowest BCUT2D eigenvalue weighted by Crippen LogP contribution is -2.23. The molecule has 0 fully saturated rings. The summed E-state index contributed by atoms with van der Waals surface area (Å²) in [6.45, 7) is 2.49. The van der Waals surface area contributed by atoms with E-state index in [1.54, 1.807) is 0 Å². The second-order valence-electron chi connectivity index (χ2n) is 3.80. The average Bonchev–Trinajstić information content (AvgIpc) is 2.26. The van der Waals surface area contributed by atoms with Crippen molar-refractivity contribution in [3.05, 3.63) is 42.5 Å². The Labute approximate surface area is 89.7 Å². The van der Waals surface area contributed by atoms with Crippen LogP contribution in [-0.4, -0.2) is 12.6 Å². The standard InChI is InChI=1S/C13H15NO/c1-10(14)9-15-13-7-6-11-4-2-3-5-12(11)8-13/h2-8,10H,9,14H2,1H3. The van der Waals surface area contributed by atoms with E-state index < -0.39 is 0 Å². The van der Waals surface area contributed by atoms with Gasteiger partial charge in [-0.1, -0.05) is 30.3 Å². The van der Waals surface area contributed by atoms with Gasteiger partial charge in [0.15, 0.2) is 0 Å². The van der Waals surface area contributed by atoms with Crippen LogP contribution in [0.2, 0.25) is 0 Å². The van der Waals surface area contributed by atoms with Crippen molar-refractivity contribution in [2.75, 3.05) is 6.61 Å². The van der Waals surface area contributed by atoms with Crippen LogP contribution in [0.15, 0.2) is 42.5 Å². The maximum Gasteiger partial charge on any atom is 0.120 e. The van der Waals surface area contributed by atoms with E-state index in [2.05, 4.69) is 18.2 Å². The van der Waals surface area contributed by atoms with Crippen molar-refractivity contribution in [1.82, 2.24) is 0 Å². The minimum absolute atomic E-state index is 0.0662. The molecule has 0 spiro atoms. The quantitative estimate of drug-likeness (QED) is 0.828. The lowest BCUT2D eigenvalue weighted by atomic mass is 10.1. The van der Waals surface area contributed by atoms with E-state index in [1.165, 1.54) is 10.8 Å². The molecule has 1 unspecified atom stereocenters. The zero-order valence-electron chi connectivity index (χ0n) is 8.81. The summed E-state index contributed by atoms with van der Waals surface area (Å²) < 4.78 is 5.55. The predicted octanol–water partition coefficient (Wildman–Crippen LogP) is 2.57. The summed E-state index contributed by atoms with van der Waals surface area (Å²) in [5.41, 5.74) is 5.63. The molecule has 0 aromatic heterocycles. The maximum atomic E-state index is 5.63. The molecule has 0 aliphatic rings. The predicted molar refractivity (Wildman–Crippen MR) is 63.1 cm³/mol. The molecule has 2 aromatic carbocycles. The molecule has 2 nitrogen and oxygen atoms in total. The summed E-state index contributed by atoms with van der Waals surface area (Å²) >= 11 is 0. The van der Waals surface area contributed by atoms with E-state index in [0.717, 1.165) is 5.75 Å². The van der Waals surface area contributed by atoms with Crippen molar-refractivity contribution in [1.29, 1.82) is 0 Å². The van der Waals surface area contributed by atoms with Gasteiger partial charge in [-0.25, -0.2) is 0 Å². The molecule has 2 heteroatoms. The van der Waals surface area contributed by atoms with Crippen molar-refractivity contribution < 1.29 is 4.74 Å². The molecular weight excluding hydrogens is 186 g/mol. The van der Waals surface area contributed by atoms with Gasteiger partial charge in [-0.2, -0.15) is 0 Å². The van der Waals surface area contributed by atoms with Gasteiger partial charge in [0.1, 0.15) is 12.4 Å². The van der Waals surface area contributed by atoms with Gasteiger partial charge in [-0.05, 0) is 29.8 Å². The summed E-state index contributed by atoms with van der Waals surface area (Å²) in [5.74, 6) is 0.881. The zero-order valence-corrected chi connectivity index (χ0v) is 8.81. The van der Waals surface area contributed by atoms with Gasteiger partial charge in [0, 0.05) is 6.04 Å². The molecule has 0 heterocycles. The third kappa shape index (κ3) is 2.48. The fraction of sp³-hybridized carbons (Fsp3) is 0.231. The zero-order chi connectivity index (χ0) is 10.7. The third-order valence-electron chi connectivity index (χ3n) is 2.23. The molecule has 2 rings (SSSR count).